The second-order valence-corrected chi connectivity index (χ2v) is 9.32. The number of ether oxygens (including phenoxy) is 1. The highest BCUT2D eigenvalue weighted by Gasteiger charge is 2.42. The van der Waals surface area contributed by atoms with E-state index in [-0.39, 0.29) is 18.2 Å². The first-order valence-electron chi connectivity index (χ1n) is 11.1. The van der Waals surface area contributed by atoms with Gasteiger partial charge in [0.05, 0.1) is 34.6 Å². The summed E-state index contributed by atoms with van der Waals surface area (Å²) in [6.45, 7) is 5.89. The van der Waals surface area contributed by atoms with Crippen molar-refractivity contribution >= 4 is 28.9 Å². The van der Waals surface area contributed by atoms with E-state index in [4.69, 9.17) is 28.6 Å². The van der Waals surface area contributed by atoms with Gasteiger partial charge < -0.3 is 19.5 Å². The van der Waals surface area contributed by atoms with Crippen molar-refractivity contribution in [3.05, 3.63) is 82.4 Å². The Morgan fingerprint density at radius 3 is 2.72 bits per heavy atom. The van der Waals surface area contributed by atoms with E-state index >= 15 is 0 Å². The van der Waals surface area contributed by atoms with Crippen LogP contribution in [-0.4, -0.2) is 38.8 Å². The predicted molar refractivity (Wildman–Crippen MR) is 131 cm³/mol. The molecule has 0 bridgehead atoms. The van der Waals surface area contributed by atoms with Gasteiger partial charge in [-0.3, -0.25) is 4.98 Å². The quantitative estimate of drug-likeness (QED) is 0.517. The zero-order valence-corrected chi connectivity index (χ0v) is 19.9. The number of nitrogens with one attached hydrogen (secondary N) is 1. The SMILES string of the molecule is Cc1cc([C@@H]2[C@@H](c3ccccn3)NC(=S)N2C[C@H]2CCCO2)c(C)n1-c1ccccc1Cl. The normalized spacial score (nSPS) is 23.0. The standard InChI is InChI=1S/C25H27ClN4OS/c1-16-14-19(17(2)30(16)22-11-4-3-9-20(22)26)24-23(21-10-5-6-12-27-21)28-25(32)29(24)15-18-8-7-13-31-18/h3-6,9-12,14,18,23-24H,7-8,13,15H2,1-2H3,(H,28,32)/t18-,23-,24-/m1/s1. The van der Waals surface area contributed by atoms with Crippen LogP contribution in [-0.2, 0) is 4.74 Å². The third-order valence-electron chi connectivity index (χ3n) is 6.50. The minimum absolute atomic E-state index is 0.0176. The molecule has 3 atom stereocenters. The number of aryl methyl sites for hydroxylation is 1. The molecule has 0 saturated carbocycles. The number of hydrogen-bond acceptors (Lipinski definition) is 3. The molecule has 5 nitrogen and oxygen atoms in total. The lowest BCUT2D eigenvalue weighted by Gasteiger charge is -2.30. The van der Waals surface area contributed by atoms with E-state index < -0.39 is 0 Å². The molecule has 1 aromatic carbocycles. The molecule has 0 unspecified atom stereocenters. The zero-order chi connectivity index (χ0) is 22.2. The molecular weight excluding hydrogens is 440 g/mol. The van der Waals surface area contributed by atoms with E-state index in [1.54, 1.807) is 0 Å². The number of para-hydroxylation sites is 1. The number of thiocarbonyl (C=S) groups is 1. The van der Waals surface area contributed by atoms with Gasteiger partial charge in [-0.25, -0.2) is 0 Å². The van der Waals surface area contributed by atoms with Gasteiger partial charge in [-0.05, 0) is 74.8 Å². The van der Waals surface area contributed by atoms with Crippen molar-refractivity contribution in [2.45, 2.75) is 44.9 Å². The summed E-state index contributed by atoms with van der Waals surface area (Å²) >= 11 is 12.4. The fraction of sp³-hybridized carbons (Fsp3) is 0.360. The molecule has 0 spiro atoms. The maximum Gasteiger partial charge on any atom is 0.170 e. The summed E-state index contributed by atoms with van der Waals surface area (Å²) in [7, 11) is 0. The number of hydrogen-bond donors (Lipinski definition) is 1. The van der Waals surface area contributed by atoms with Crippen LogP contribution in [0.5, 0.6) is 0 Å². The lowest BCUT2D eigenvalue weighted by Crippen LogP contribution is -2.36. The second kappa shape index (κ2) is 8.85. The fourth-order valence-corrected chi connectivity index (χ4v) is 5.57. The van der Waals surface area contributed by atoms with Crippen molar-refractivity contribution in [1.29, 1.82) is 0 Å². The molecule has 0 aliphatic carbocycles. The first kappa shape index (κ1) is 21.4. The van der Waals surface area contributed by atoms with E-state index in [0.29, 0.717) is 0 Å². The van der Waals surface area contributed by atoms with E-state index in [2.05, 4.69) is 51.8 Å². The fourth-order valence-electron chi connectivity index (χ4n) is 5.04. The van der Waals surface area contributed by atoms with E-state index in [9.17, 15) is 0 Å². The Balaban J connectivity index is 1.60. The molecule has 2 aromatic heterocycles. The van der Waals surface area contributed by atoms with E-state index in [0.717, 1.165) is 58.9 Å². The molecule has 0 amide bonds. The lowest BCUT2D eigenvalue weighted by molar-refractivity contribution is 0.0842. The summed E-state index contributed by atoms with van der Waals surface area (Å²) in [5.74, 6) is 0. The molecule has 2 fully saturated rings. The molecule has 2 aliphatic rings. The van der Waals surface area contributed by atoms with Crippen LogP contribution in [0.25, 0.3) is 5.69 Å². The lowest BCUT2D eigenvalue weighted by atomic mass is 9.96. The van der Waals surface area contributed by atoms with Gasteiger partial charge in [0.2, 0.25) is 0 Å². The maximum atomic E-state index is 6.57. The molecule has 2 aliphatic heterocycles. The molecule has 1 N–H and O–H groups in total. The Morgan fingerprint density at radius 2 is 2.00 bits per heavy atom. The molecule has 4 heterocycles. The highest BCUT2D eigenvalue weighted by atomic mass is 35.5. The molecular formula is C25H27ClN4OS. The number of halogens is 1. The van der Waals surface area contributed by atoms with Crippen molar-refractivity contribution < 1.29 is 4.74 Å². The van der Waals surface area contributed by atoms with Crippen LogP contribution in [0.4, 0.5) is 0 Å². The Labute approximate surface area is 199 Å². The zero-order valence-electron chi connectivity index (χ0n) is 18.3. The van der Waals surface area contributed by atoms with Gasteiger partial charge in [-0.2, -0.15) is 0 Å². The summed E-state index contributed by atoms with van der Waals surface area (Å²) in [5, 5.41) is 5.04. The third kappa shape index (κ3) is 3.81. The molecule has 5 rings (SSSR count). The van der Waals surface area contributed by atoms with E-state index in [1.165, 1.54) is 5.56 Å². The highest BCUT2D eigenvalue weighted by molar-refractivity contribution is 7.80. The summed E-state index contributed by atoms with van der Waals surface area (Å²) < 4.78 is 8.20. The minimum Gasteiger partial charge on any atom is -0.376 e. The smallest absolute Gasteiger partial charge is 0.170 e. The number of nitrogens with zero attached hydrogens (tertiary/aromatic N) is 3. The minimum atomic E-state index is -0.0368. The molecule has 166 valence electrons. The van der Waals surface area contributed by atoms with Gasteiger partial charge in [0.15, 0.2) is 5.11 Å². The number of benzene rings is 1. The van der Waals surface area contributed by atoms with Crippen molar-refractivity contribution in [2.75, 3.05) is 13.2 Å². The molecule has 7 heteroatoms. The molecule has 2 saturated heterocycles. The average Bonchev–Trinajstić information content (AvgIpc) is 3.49. The van der Waals surface area contributed by atoms with Crippen LogP contribution >= 0.6 is 23.8 Å². The monoisotopic (exact) mass is 466 g/mol. The van der Waals surface area contributed by atoms with Crippen LogP contribution in [0.3, 0.4) is 0 Å². The van der Waals surface area contributed by atoms with Crippen LogP contribution in [0.2, 0.25) is 5.02 Å². The van der Waals surface area contributed by atoms with Gasteiger partial charge in [0.25, 0.3) is 0 Å². The number of rotatable bonds is 5. The van der Waals surface area contributed by atoms with Gasteiger partial charge in [-0.1, -0.05) is 29.8 Å². The summed E-state index contributed by atoms with van der Waals surface area (Å²) in [6, 6.07) is 16.3. The van der Waals surface area contributed by atoms with Crippen LogP contribution in [0.15, 0.2) is 54.7 Å². The molecule has 0 radical (unpaired) electrons. The van der Waals surface area contributed by atoms with Gasteiger partial charge in [0.1, 0.15) is 0 Å². The average molecular weight is 467 g/mol. The van der Waals surface area contributed by atoms with Gasteiger partial charge >= 0.3 is 0 Å². The van der Waals surface area contributed by atoms with Crippen LogP contribution in [0, 0.1) is 13.8 Å². The largest absolute Gasteiger partial charge is 0.376 e. The maximum absolute atomic E-state index is 6.57. The molecule has 32 heavy (non-hydrogen) atoms. The van der Waals surface area contributed by atoms with Crippen molar-refractivity contribution in [3.63, 3.8) is 0 Å². The van der Waals surface area contributed by atoms with Gasteiger partial charge in [0, 0.05) is 30.7 Å². The Hall–Kier alpha value is -2.41. The van der Waals surface area contributed by atoms with E-state index in [1.807, 2.05) is 36.5 Å². The Kier molecular flexibility index (Phi) is 5.93. The Bertz CT molecular complexity index is 1130. The predicted octanol–water partition coefficient (Wildman–Crippen LogP) is 5.29. The van der Waals surface area contributed by atoms with Crippen molar-refractivity contribution in [1.82, 2.24) is 19.8 Å². The second-order valence-electron chi connectivity index (χ2n) is 8.53. The molecule has 3 aromatic rings. The van der Waals surface area contributed by atoms with Crippen molar-refractivity contribution in [3.8, 4) is 5.69 Å². The summed E-state index contributed by atoms with van der Waals surface area (Å²) in [6.07, 6.45) is 4.21. The van der Waals surface area contributed by atoms with Crippen LogP contribution < -0.4 is 5.32 Å². The summed E-state index contributed by atoms with van der Waals surface area (Å²) in [4.78, 5) is 6.96. The van der Waals surface area contributed by atoms with Gasteiger partial charge in [-0.15, -0.1) is 0 Å². The highest BCUT2D eigenvalue weighted by Crippen LogP contribution is 2.42. The van der Waals surface area contributed by atoms with Crippen LogP contribution in [0.1, 0.15) is 47.6 Å². The summed E-state index contributed by atoms with van der Waals surface area (Å²) in [5.41, 5.74) is 5.50. The number of pyridine rings is 1. The third-order valence-corrected chi connectivity index (χ3v) is 7.18. The van der Waals surface area contributed by atoms with Crippen molar-refractivity contribution in [2.24, 2.45) is 0 Å². The topological polar surface area (TPSA) is 42.3 Å². The first-order valence-corrected chi connectivity index (χ1v) is 11.9. The Morgan fingerprint density at radius 1 is 1.19 bits per heavy atom. The first-order chi connectivity index (χ1) is 15.5. The number of aromatic nitrogens is 2.